The molecule has 0 saturated carbocycles. The van der Waals surface area contributed by atoms with Gasteiger partial charge in [-0.05, 0) is 36.2 Å². The molecule has 1 aromatic heterocycles. The minimum atomic E-state index is -0.180. The van der Waals surface area contributed by atoms with Gasteiger partial charge >= 0.3 is 0 Å². The van der Waals surface area contributed by atoms with Crippen LogP contribution in [0.5, 0.6) is 0 Å². The molecule has 7 nitrogen and oxygen atoms in total. The number of rotatable bonds is 8. The zero-order valence-electron chi connectivity index (χ0n) is 16.7. The van der Waals surface area contributed by atoms with Crippen molar-refractivity contribution < 1.29 is 9.59 Å². The fraction of sp³-hybridized carbons (Fsp3) is 0.238. The first-order valence-corrected chi connectivity index (χ1v) is 10.8. The molecular formula is C21H22ClN5O2S. The highest BCUT2D eigenvalue weighted by molar-refractivity contribution is 7.99. The van der Waals surface area contributed by atoms with Crippen LogP contribution in [-0.2, 0) is 29.5 Å². The number of nitrogens with zero attached hydrogens (tertiary/aromatic N) is 3. The molecule has 0 unspecified atom stereocenters. The Balaban J connectivity index is 1.55. The van der Waals surface area contributed by atoms with Crippen molar-refractivity contribution in [2.24, 2.45) is 7.05 Å². The SMILES string of the molecule is CCc1ccccc1NC(=O)Cc1nnc(SCC(=O)Nc2cccc(Cl)c2)n1C. The van der Waals surface area contributed by atoms with Crippen molar-refractivity contribution in [3.05, 3.63) is 64.9 Å². The Labute approximate surface area is 184 Å². The van der Waals surface area contributed by atoms with Gasteiger partial charge in [0.2, 0.25) is 11.8 Å². The molecule has 3 rings (SSSR count). The van der Waals surface area contributed by atoms with E-state index in [0.29, 0.717) is 21.7 Å². The van der Waals surface area contributed by atoms with Crippen LogP contribution in [0.2, 0.25) is 5.02 Å². The molecule has 2 aromatic carbocycles. The highest BCUT2D eigenvalue weighted by atomic mass is 35.5. The number of para-hydroxylation sites is 1. The van der Waals surface area contributed by atoms with Crippen LogP contribution in [0.25, 0.3) is 0 Å². The van der Waals surface area contributed by atoms with E-state index in [-0.39, 0.29) is 24.0 Å². The van der Waals surface area contributed by atoms with Crippen LogP contribution >= 0.6 is 23.4 Å². The number of thioether (sulfide) groups is 1. The first-order chi connectivity index (χ1) is 14.5. The third-order valence-electron chi connectivity index (χ3n) is 4.36. The second-order valence-corrected chi connectivity index (χ2v) is 7.92. The van der Waals surface area contributed by atoms with Gasteiger partial charge in [-0.25, -0.2) is 0 Å². The number of nitrogens with one attached hydrogen (secondary N) is 2. The number of halogens is 1. The van der Waals surface area contributed by atoms with Gasteiger partial charge in [0, 0.05) is 23.4 Å². The van der Waals surface area contributed by atoms with Crippen molar-refractivity contribution in [1.82, 2.24) is 14.8 Å². The number of aryl methyl sites for hydroxylation is 1. The maximum atomic E-state index is 12.4. The van der Waals surface area contributed by atoms with E-state index in [2.05, 4.69) is 20.8 Å². The van der Waals surface area contributed by atoms with E-state index in [1.54, 1.807) is 35.9 Å². The predicted octanol–water partition coefficient (Wildman–Crippen LogP) is 3.94. The summed E-state index contributed by atoms with van der Waals surface area (Å²) in [4.78, 5) is 24.6. The van der Waals surface area contributed by atoms with E-state index in [0.717, 1.165) is 17.7 Å². The second-order valence-electron chi connectivity index (χ2n) is 6.54. The summed E-state index contributed by atoms with van der Waals surface area (Å²) < 4.78 is 1.72. The molecule has 1 heterocycles. The van der Waals surface area contributed by atoms with Crippen molar-refractivity contribution >= 4 is 46.6 Å². The van der Waals surface area contributed by atoms with Crippen LogP contribution < -0.4 is 10.6 Å². The van der Waals surface area contributed by atoms with E-state index >= 15 is 0 Å². The van der Waals surface area contributed by atoms with Gasteiger partial charge in [0.1, 0.15) is 5.82 Å². The first kappa shape index (κ1) is 21.9. The van der Waals surface area contributed by atoms with Crippen LogP contribution in [0.3, 0.4) is 0 Å². The van der Waals surface area contributed by atoms with Crippen LogP contribution in [0.1, 0.15) is 18.3 Å². The summed E-state index contributed by atoms with van der Waals surface area (Å²) in [6.45, 7) is 2.04. The lowest BCUT2D eigenvalue weighted by Crippen LogP contribution is -2.18. The van der Waals surface area contributed by atoms with E-state index in [4.69, 9.17) is 11.6 Å². The van der Waals surface area contributed by atoms with Gasteiger partial charge in [-0.1, -0.05) is 54.6 Å². The molecule has 0 aliphatic heterocycles. The fourth-order valence-corrected chi connectivity index (χ4v) is 3.73. The van der Waals surface area contributed by atoms with Crippen molar-refractivity contribution in [2.75, 3.05) is 16.4 Å². The Morgan fingerprint density at radius 1 is 1.07 bits per heavy atom. The highest BCUT2D eigenvalue weighted by Crippen LogP contribution is 2.19. The Bertz CT molecular complexity index is 1050. The number of carbonyl (C=O) groups excluding carboxylic acids is 2. The molecule has 0 fully saturated rings. The average Bonchev–Trinajstić information content (AvgIpc) is 3.06. The van der Waals surface area contributed by atoms with Crippen LogP contribution in [-0.4, -0.2) is 32.3 Å². The van der Waals surface area contributed by atoms with Gasteiger partial charge < -0.3 is 15.2 Å². The molecule has 0 radical (unpaired) electrons. The molecule has 30 heavy (non-hydrogen) atoms. The smallest absolute Gasteiger partial charge is 0.234 e. The number of hydrogen-bond donors (Lipinski definition) is 2. The molecule has 0 saturated heterocycles. The highest BCUT2D eigenvalue weighted by Gasteiger charge is 2.15. The van der Waals surface area contributed by atoms with Gasteiger partial charge in [-0.15, -0.1) is 10.2 Å². The van der Waals surface area contributed by atoms with Crippen LogP contribution in [0.4, 0.5) is 11.4 Å². The quantitative estimate of drug-likeness (QED) is 0.515. The number of benzene rings is 2. The zero-order chi connectivity index (χ0) is 21.5. The molecular weight excluding hydrogens is 422 g/mol. The summed E-state index contributed by atoms with van der Waals surface area (Å²) in [5.74, 6) is 0.343. The molecule has 2 amide bonds. The third kappa shape index (κ3) is 5.84. The zero-order valence-corrected chi connectivity index (χ0v) is 18.3. The lowest BCUT2D eigenvalue weighted by atomic mass is 10.1. The van der Waals surface area contributed by atoms with Crippen LogP contribution in [0, 0.1) is 0 Å². The summed E-state index contributed by atoms with van der Waals surface area (Å²) in [5, 5.41) is 15.0. The minimum Gasteiger partial charge on any atom is -0.325 e. The topological polar surface area (TPSA) is 88.9 Å². The number of carbonyl (C=O) groups is 2. The Morgan fingerprint density at radius 3 is 2.63 bits per heavy atom. The molecule has 3 aromatic rings. The average molecular weight is 444 g/mol. The summed E-state index contributed by atoms with van der Waals surface area (Å²) in [7, 11) is 1.78. The standard InChI is InChI=1S/C21H22ClN5O2S/c1-3-14-7-4-5-10-17(14)24-19(28)12-18-25-26-21(27(18)2)30-13-20(29)23-16-9-6-8-15(22)11-16/h4-11H,3,12-13H2,1-2H3,(H,23,29)(H,24,28). The molecule has 0 aliphatic rings. The van der Waals surface area contributed by atoms with E-state index in [1.807, 2.05) is 31.2 Å². The fourth-order valence-electron chi connectivity index (χ4n) is 2.81. The van der Waals surface area contributed by atoms with Gasteiger partial charge in [-0.2, -0.15) is 0 Å². The molecule has 0 aliphatic carbocycles. The minimum absolute atomic E-state index is 0.0941. The normalized spacial score (nSPS) is 10.6. The van der Waals surface area contributed by atoms with E-state index in [9.17, 15) is 9.59 Å². The van der Waals surface area contributed by atoms with Gasteiger partial charge in [0.05, 0.1) is 12.2 Å². The maximum absolute atomic E-state index is 12.4. The molecule has 2 N–H and O–H groups in total. The van der Waals surface area contributed by atoms with Crippen LogP contribution in [0.15, 0.2) is 53.7 Å². The second kappa shape index (κ2) is 10.3. The first-order valence-electron chi connectivity index (χ1n) is 9.40. The van der Waals surface area contributed by atoms with Crippen molar-refractivity contribution in [3.8, 4) is 0 Å². The Kier molecular flexibility index (Phi) is 7.48. The van der Waals surface area contributed by atoms with E-state index < -0.39 is 0 Å². The number of hydrogen-bond acceptors (Lipinski definition) is 5. The predicted molar refractivity (Wildman–Crippen MR) is 120 cm³/mol. The number of aromatic nitrogens is 3. The number of anilines is 2. The van der Waals surface area contributed by atoms with Crippen molar-refractivity contribution in [3.63, 3.8) is 0 Å². The summed E-state index contributed by atoms with van der Waals surface area (Å²) in [6.07, 6.45) is 0.926. The molecule has 9 heteroatoms. The third-order valence-corrected chi connectivity index (χ3v) is 5.61. The van der Waals surface area contributed by atoms with E-state index in [1.165, 1.54) is 11.8 Å². The van der Waals surface area contributed by atoms with Gasteiger partial charge in [-0.3, -0.25) is 9.59 Å². The molecule has 0 spiro atoms. The number of amides is 2. The monoisotopic (exact) mass is 443 g/mol. The lowest BCUT2D eigenvalue weighted by molar-refractivity contribution is -0.116. The van der Waals surface area contributed by atoms with Crippen molar-refractivity contribution in [2.45, 2.75) is 24.9 Å². The molecule has 156 valence electrons. The van der Waals surface area contributed by atoms with Gasteiger partial charge in [0.25, 0.3) is 0 Å². The van der Waals surface area contributed by atoms with Gasteiger partial charge in [0.15, 0.2) is 5.16 Å². The summed E-state index contributed by atoms with van der Waals surface area (Å²) in [6, 6.07) is 14.7. The lowest BCUT2D eigenvalue weighted by Gasteiger charge is -2.09. The summed E-state index contributed by atoms with van der Waals surface area (Å²) in [5.41, 5.74) is 2.51. The largest absolute Gasteiger partial charge is 0.325 e. The Morgan fingerprint density at radius 2 is 1.87 bits per heavy atom. The molecule has 0 atom stereocenters. The molecule has 0 bridgehead atoms. The Hall–Kier alpha value is -2.84. The van der Waals surface area contributed by atoms with Crippen molar-refractivity contribution in [1.29, 1.82) is 0 Å². The maximum Gasteiger partial charge on any atom is 0.234 e. The summed E-state index contributed by atoms with van der Waals surface area (Å²) >= 11 is 7.17.